The molecule has 0 atom stereocenters. The highest BCUT2D eigenvalue weighted by molar-refractivity contribution is 7.17. The van der Waals surface area contributed by atoms with Crippen LogP contribution in [0.4, 0.5) is 5.13 Å². The number of hydrogen-bond donors (Lipinski definition) is 1. The summed E-state index contributed by atoms with van der Waals surface area (Å²) in [7, 11) is 0. The molecule has 2 heterocycles. The van der Waals surface area contributed by atoms with Gasteiger partial charge in [-0.3, -0.25) is 10.1 Å². The zero-order valence-corrected chi connectivity index (χ0v) is 14.4. The Bertz CT molecular complexity index is 1030. The fourth-order valence-electron chi connectivity index (χ4n) is 2.05. The Hall–Kier alpha value is -2.71. The second kappa shape index (κ2) is 7.04. The minimum absolute atomic E-state index is 0.165. The monoisotopic (exact) mass is 378 g/mol. The number of ether oxygens (including phenoxy) is 1. The summed E-state index contributed by atoms with van der Waals surface area (Å²) in [5.41, 5.74) is -0.651. The largest absolute Gasteiger partial charge is 0.462 e. The summed E-state index contributed by atoms with van der Waals surface area (Å²) in [6.45, 7) is 1.92. The Morgan fingerprint density at radius 2 is 2.16 bits per heavy atom. The van der Waals surface area contributed by atoms with Gasteiger partial charge >= 0.3 is 11.6 Å². The van der Waals surface area contributed by atoms with Crippen LogP contribution in [0.15, 0.2) is 39.7 Å². The van der Waals surface area contributed by atoms with Gasteiger partial charge in [0.1, 0.15) is 16.0 Å². The molecule has 0 saturated carbocycles. The third kappa shape index (κ3) is 3.70. The van der Waals surface area contributed by atoms with Crippen molar-refractivity contribution in [3.8, 4) is 0 Å². The van der Waals surface area contributed by atoms with E-state index in [1.165, 1.54) is 12.3 Å². The first kappa shape index (κ1) is 17.1. The van der Waals surface area contributed by atoms with Gasteiger partial charge in [0.2, 0.25) is 0 Å². The van der Waals surface area contributed by atoms with Gasteiger partial charge in [0, 0.05) is 10.4 Å². The molecule has 0 bridgehead atoms. The first-order valence-electron chi connectivity index (χ1n) is 7.15. The molecule has 25 heavy (non-hydrogen) atoms. The number of aromatic nitrogens is 1. The molecule has 0 spiro atoms. The van der Waals surface area contributed by atoms with E-state index in [0.717, 1.165) is 11.3 Å². The molecule has 0 fully saturated rings. The van der Waals surface area contributed by atoms with Gasteiger partial charge in [-0.15, -0.1) is 0 Å². The van der Waals surface area contributed by atoms with Crippen LogP contribution in [0.2, 0.25) is 5.02 Å². The van der Waals surface area contributed by atoms with Gasteiger partial charge in [0.15, 0.2) is 5.13 Å². The van der Waals surface area contributed by atoms with Crippen molar-refractivity contribution >= 4 is 50.9 Å². The quantitative estimate of drug-likeness (QED) is 0.552. The molecule has 2 aromatic heterocycles. The van der Waals surface area contributed by atoms with Crippen molar-refractivity contribution in [1.29, 1.82) is 0 Å². The molecule has 0 aliphatic heterocycles. The Kier molecular flexibility index (Phi) is 4.82. The standard InChI is InChI=1S/C16H11ClN2O5S/c1-2-23-15(22)12-7-18-16(25-12)19-13(20)10-6-8-5-9(17)3-4-11(8)24-14(10)21/h3-7H,2H2,1H3,(H,18,19,20). The van der Waals surface area contributed by atoms with Crippen molar-refractivity contribution in [2.45, 2.75) is 6.92 Å². The van der Waals surface area contributed by atoms with Gasteiger partial charge in [-0.2, -0.15) is 0 Å². The number of rotatable bonds is 4. The highest BCUT2D eigenvalue weighted by atomic mass is 35.5. The SMILES string of the molecule is CCOC(=O)c1cnc(NC(=O)c2cc3cc(Cl)ccc3oc2=O)s1. The molecule has 128 valence electrons. The van der Waals surface area contributed by atoms with E-state index in [2.05, 4.69) is 10.3 Å². The minimum atomic E-state index is -0.783. The van der Waals surface area contributed by atoms with Crippen molar-refractivity contribution < 1.29 is 18.7 Å². The zero-order chi connectivity index (χ0) is 18.0. The average Bonchev–Trinajstić information content (AvgIpc) is 3.03. The lowest BCUT2D eigenvalue weighted by Gasteiger charge is -2.02. The molecule has 0 unspecified atom stereocenters. The van der Waals surface area contributed by atoms with E-state index in [1.54, 1.807) is 25.1 Å². The summed E-state index contributed by atoms with van der Waals surface area (Å²) in [5.74, 6) is -1.22. The number of fused-ring (bicyclic) bond motifs is 1. The summed E-state index contributed by atoms with van der Waals surface area (Å²) in [4.78, 5) is 40.1. The van der Waals surface area contributed by atoms with Crippen LogP contribution in [0.5, 0.6) is 0 Å². The summed E-state index contributed by atoms with van der Waals surface area (Å²) in [6.07, 6.45) is 1.29. The van der Waals surface area contributed by atoms with Crippen LogP contribution >= 0.6 is 22.9 Å². The van der Waals surface area contributed by atoms with Crippen LogP contribution in [0.25, 0.3) is 11.0 Å². The highest BCUT2D eigenvalue weighted by Crippen LogP contribution is 2.21. The van der Waals surface area contributed by atoms with Crippen LogP contribution in [-0.4, -0.2) is 23.5 Å². The van der Waals surface area contributed by atoms with Crippen molar-refractivity contribution in [1.82, 2.24) is 4.98 Å². The lowest BCUT2D eigenvalue weighted by molar-refractivity contribution is 0.0531. The molecular weight excluding hydrogens is 368 g/mol. The normalized spacial score (nSPS) is 10.6. The number of nitrogens with one attached hydrogen (secondary N) is 1. The predicted octanol–water partition coefficient (Wildman–Crippen LogP) is 3.33. The number of nitrogens with zero attached hydrogens (tertiary/aromatic N) is 1. The maximum atomic E-state index is 12.3. The molecule has 7 nitrogen and oxygen atoms in total. The van der Waals surface area contributed by atoms with E-state index >= 15 is 0 Å². The number of carbonyl (C=O) groups is 2. The zero-order valence-electron chi connectivity index (χ0n) is 12.9. The Labute approximate surface area is 150 Å². The van der Waals surface area contributed by atoms with Crippen molar-refractivity contribution in [2.24, 2.45) is 0 Å². The van der Waals surface area contributed by atoms with Crippen molar-refractivity contribution in [2.75, 3.05) is 11.9 Å². The number of esters is 1. The topological polar surface area (TPSA) is 98.5 Å². The van der Waals surface area contributed by atoms with E-state index in [9.17, 15) is 14.4 Å². The van der Waals surface area contributed by atoms with E-state index < -0.39 is 17.5 Å². The molecule has 9 heteroatoms. The number of thiazole rings is 1. The van der Waals surface area contributed by atoms with Crippen LogP contribution in [0.3, 0.4) is 0 Å². The summed E-state index contributed by atoms with van der Waals surface area (Å²) < 4.78 is 9.97. The van der Waals surface area contributed by atoms with Gasteiger partial charge in [0.05, 0.1) is 12.8 Å². The molecule has 3 aromatic rings. The molecule has 0 aliphatic carbocycles. The first-order chi connectivity index (χ1) is 12.0. The van der Waals surface area contributed by atoms with E-state index in [1.807, 2.05) is 0 Å². The van der Waals surface area contributed by atoms with E-state index in [0.29, 0.717) is 16.0 Å². The highest BCUT2D eigenvalue weighted by Gasteiger charge is 2.17. The molecule has 0 saturated heterocycles. The summed E-state index contributed by atoms with van der Waals surface area (Å²) in [6, 6.07) is 6.10. The van der Waals surface area contributed by atoms with Gasteiger partial charge in [-0.1, -0.05) is 22.9 Å². The second-order valence-corrected chi connectivity index (χ2v) is 6.30. The molecule has 0 radical (unpaired) electrons. The molecule has 1 aromatic carbocycles. The maximum absolute atomic E-state index is 12.3. The van der Waals surface area contributed by atoms with Crippen molar-refractivity contribution in [3.63, 3.8) is 0 Å². The van der Waals surface area contributed by atoms with E-state index in [4.69, 9.17) is 20.8 Å². The van der Waals surface area contributed by atoms with Crippen molar-refractivity contribution in [3.05, 3.63) is 56.3 Å². The number of anilines is 1. The van der Waals surface area contributed by atoms with Gasteiger partial charge in [-0.25, -0.2) is 14.6 Å². The maximum Gasteiger partial charge on any atom is 0.350 e. The lowest BCUT2D eigenvalue weighted by atomic mass is 10.2. The van der Waals surface area contributed by atoms with Gasteiger partial charge in [-0.05, 0) is 31.2 Å². The van der Waals surface area contributed by atoms with Gasteiger partial charge in [0.25, 0.3) is 5.91 Å². The van der Waals surface area contributed by atoms with Gasteiger partial charge < -0.3 is 9.15 Å². The summed E-state index contributed by atoms with van der Waals surface area (Å²) in [5, 5.41) is 3.60. The molecular formula is C16H11ClN2O5S. The minimum Gasteiger partial charge on any atom is -0.462 e. The van der Waals surface area contributed by atoms with Crippen LogP contribution < -0.4 is 10.9 Å². The summed E-state index contributed by atoms with van der Waals surface area (Å²) >= 11 is 6.85. The second-order valence-electron chi connectivity index (χ2n) is 4.83. The number of amides is 1. The smallest absolute Gasteiger partial charge is 0.350 e. The average molecular weight is 379 g/mol. The molecule has 1 N–H and O–H groups in total. The Balaban J connectivity index is 1.86. The van der Waals surface area contributed by atoms with E-state index in [-0.39, 0.29) is 22.2 Å². The number of hydrogen-bond acceptors (Lipinski definition) is 7. The predicted molar refractivity (Wildman–Crippen MR) is 93.5 cm³/mol. The van der Waals surface area contributed by atoms with Crippen LogP contribution in [0, 0.1) is 0 Å². The third-order valence-electron chi connectivity index (χ3n) is 3.14. The Morgan fingerprint density at radius 3 is 2.92 bits per heavy atom. The number of benzene rings is 1. The first-order valence-corrected chi connectivity index (χ1v) is 8.35. The molecule has 3 rings (SSSR count). The van der Waals surface area contributed by atoms with Crippen LogP contribution in [-0.2, 0) is 4.74 Å². The molecule has 1 amide bonds. The number of carbonyl (C=O) groups excluding carboxylic acids is 2. The number of halogens is 1. The third-order valence-corrected chi connectivity index (χ3v) is 4.27. The fraction of sp³-hybridized carbons (Fsp3) is 0.125. The Morgan fingerprint density at radius 1 is 1.36 bits per heavy atom. The van der Waals surface area contributed by atoms with Crippen LogP contribution in [0.1, 0.15) is 27.0 Å². The molecule has 0 aliphatic rings. The fourth-order valence-corrected chi connectivity index (χ4v) is 2.93. The lowest BCUT2D eigenvalue weighted by Crippen LogP contribution is -2.20.